The Balaban J connectivity index is 0. The van der Waals surface area contributed by atoms with Crippen molar-refractivity contribution in [1.82, 2.24) is 0 Å². The maximum atomic E-state index is 11.4. The Hall–Kier alpha value is -0.370. The van der Waals surface area contributed by atoms with E-state index in [2.05, 4.69) is 20.8 Å². The number of hydrogen-bond donors (Lipinski definition) is 0. The van der Waals surface area contributed by atoms with Crippen molar-refractivity contribution in [3.63, 3.8) is 0 Å². The second-order valence-electron chi connectivity index (χ2n) is 5.73. The Labute approximate surface area is 89.0 Å². The third-order valence-electron chi connectivity index (χ3n) is 1.60. The zero-order valence-corrected chi connectivity index (χ0v) is 9.73. The number of Topliss-reactive ketones (excluding diaryl/α,β-unsaturated/α-hetero) is 1. The standard InChI is InChI=1S/C11H22O2.CH4/c1-10(2,3)8-13-7-9(12)11(4,5)6;/h7-8H2,1-6H3;1H4. The second-order valence-corrected chi connectivity index (χ2v) is 5.73. The molecule has 0 rings (SSSR count). The van der Waals surface area contributed by atoms with Crippen LogP contribution in [0.2, 0.25) is 0 Å². The van der Waals surface area contributed by atoms with Gasteiger partial charge in [-0.05, 0) is 5.41 Å². The number of ether oxygens (including phenoxy) is 1. The maximum Gasteiger partial charge on any atom is 0.163 e. The summed E-state index contributed by atoms with van der Waals surface area (Å²) in [6.45, 7) is 12.9. The van der Waals surface area contributed by atoms with Gasteiger partial charge in [0, 0.05) is 5.41 Å². The van der Waals surface area contributed by atoms with Gasteiger partial charge < -0.3 is 4.74 Å². The summed E-state index contributed by atoms with van der Waals surface area (Å²) in [5.41, 5.74) is -0.143. The first-order valence-corrected chi connectivity index (χ1v) is 4.74. The van der Waals surface area contributed by atoms with E-state index in [9.17, 15) is 4.79 Å². The van der Waals surface area contributed by atoms with Crippen LogP contribution in [0.1, 0.15) is 49.0 Å². The fourth-order valence-corrected chi connectivity index (χ4v) is 0.666. The van der Waals surface area contributed by atoms with Gasteiger partial charge in [0.2, 0.25) is 0 Å². The SMILES string of the molecule is C.CC(C)(C)COCC(=O)C(C)(C)C. The van der Waals surface area contributed by atoms with Crippen LogP contribution < -0.4 is 0 Å². The van der Waals surface area contributed by atoms with E-state index in [1.54, 1.807) is 0 Å². The Morgan fingerprint density at radius 3 is 1.79 bits per heavy atom. The molecule has 0 N–H and O–H groups in total. The van der Waals surface area contributed by atoms with Gasteiger partial charge in [0.25, 0.3) is 0 Å². The number of hydrogen-bond acceptors (Lipinski definition) is 2. The summed E-state index contributed by atoms with van der Waals surface area (Å²) >= 11 is 0. The van der Waals surface area contributed by atoms with Crippen molar-refractivity contribution in [2.45, 2.75) is 49.0 Å². The van der Waals surface area contributed by atoms with Crippen LogP contribution in [0.15, 0.2) is 0 Å². The molecule has 0 amide bonds. The van der Waals surface area contributed by atoms with Crippen LogP contribution >= 0.6 is 0 Å². The number of carbonyl (C=O) groups is 1. The van der Waals surface area contributed by atoms with E-state index in [1.165, 1.54) is 0 Å². The molecule has 0 unspecified atom stereocenters. The lowest BCUT2D eigenvalue weighted by Crippen LogP contribution is -2.27. The van der Waals surface area contributed by atoms with Crippen LogP contribution in [0.5, 0.6) is 0 Å². The van der Waals surface area contributed by atoms with Crippen LogP contribution in [0.25, 0.3) is 0 Å². The average molecular weight is 202 g/mol. The van der Waals surface area contributed by atoms with Gasteiger partial charge in [-0.2, -0.15) is 0 Å². The zero-order chi connectivity index (χ0) is 10.7. The minimum Gasteiger partial charge on any atom is -0.373 e. The van der Waals surface area contributed by atoms with Gasteiger partial charge in [0.15, 0.2) is 5.78 Å². The lowest BCUT2D eigenvalue weighted by Gasteiger charge is -2.20. The van der Waals surface area contributed by atoms with Crippen molar-refractivity contribution in [3.8, 4) is 0 Å². The molecule has 0 bridgehead atoms. The van der Waals surface area contributed by atoms with Crippen molar-refractivity contribution in [2.75, 3.05) is 13.2 Å². The highest BCUT2D eigenvalue weighted by Gasteiger charge is 2.21. The van der Waals surface area contributed by atoms with Crippen molar-refractivity contribution >= 4 is 5.78 Å². The van der Waals surface area contributed by atoms with E-state index >= 15 is 0 Å². The molecule has 0 fully saturated rings. The molecule has 0 spiro atoms. The van der Waals surface area contributed by atoms with Gasteiger partial charge in [-0.15, -0.1) is 0 Å². The van der Waals surface area contributed by atoms with E-state index in [0.29, 0.717) is 6.61 Å². The molecule has 0 saturated heterocycles. The fraction of sp³-hybridized carbons (Fsp3) is 0.917. The summed E-state index contributed by atoms with van der Waals surface area (Å²) in [4.78, 5) is 11.4. The van der Waals surface area contributed by atoms with Crippen LogP contribution in [0.3, 0.4) is 0 Å². The van der Waals surface area contributed by atoms with E-state index in [4.69, 9.17) is 4.74 Å². The van der Waals surface area contributed by atoms with Gasteiger partial charge in [-0.25, -0.2) is 0 Å². The molecule has 0 heterocycles. The molecule has 0 aliphatic carbocycles. The van der Waals surface area contributed by atoms with Crippen LogP contribution in [-0.4, -0.2) is 19.0 Å². The Morgan fingerprint density at radius 1 is 1.07 bits per heavy atom. The number of rotatable bonds is 3. The molecular formula is C12H26O2. The summed E-state index contributed by atoms with van der Waals surface area (Å²) in [7, 11) is 0. The molecule has 0 radical (unpaired) electrons. The first-order valence-electron chi connectivity index (χ1n) is 4.74. The highest BCUT2D eigenvalue weighted by Crippen LogP contribution is 2.16. The number of carbonyl (C=O) groups excluding carboxylic acids is 1. The fourth-order valence-electron chi connectivity index (χ4n) is 0.666. The lowest BCUT2D eigenvalue weighted by atomic mass is 9.91. The highest BCUT2D eigenvalue weighted by atomic mass is 16.5. The average Bonchev–Trinajstić information content (AvgIpc) is 1.82. The molecule has 14 heavy (non-hydrogen) atoms. The van der Waals surface area contributed by atoms with E-state index in [-0.39, 0.29) is 30.6 Å². The highest BCUT2D eigenvalue weighted by molar-refractivity contribution is 5.84. The van der Waals surface area contributed by atoms with Crippen molar-refractivity contribution < 1.29 is 9.53 Å². The molecule has 86 valence electrons. The van der Waals surface area contributed by atoms with E-state index in [0.717, 1.165) is 0 Å². The summed E-state index contributed by atoms with van der Waals surface area (Å²) in [6, 6.07) is 0. The monoisotopic (exact) mass is 202 g/mol. The van der Waals surface area contributed by atoms with Crippen molar-refractivity contribution in [1.29, 1.82) is 0 Å². The van der Waals surface area contributed by atoms with Gasteiger partial charge in [-0.1, -0.05) is 49.0 Å². The zero-order valence-electron chi connectivity index (χ0n) is 9.73. The second kappa shape index (κ2) is 5.50. The minimum atomic E-state index is -0.280. The van der Waals surface area contributed by atoms with E-state index in [1.807, 2.05) is 20.8 Å². The molecule has 0 saturated carbocycles. The predicted molar refractivity (Wildman–Crippen MR) is 61.5 cm³/mol. The Kier molecular flexibility index (Phi) is 6.31. The van der Waals surface area contributed by atoms with Crippen molar-refractivity contribution in [3.05, 3.63) is 0 Å². The molecule has 0 aliphatic rings. The molecular weight excluding hydrogens is 176 g/mol. The smallest absolute Gasteiger partial charge is 0.163 e. The Bertz CT molecular complexity index is 170. The molecule has 0 aliphatic heterocycles. The molecule has 0 atom stereocenters. The minimum absolute atomic E-state index is 0. The first kappa shape index (κ1) is 16.1. The molecule has 0 aromatic rings. The third-order valence-corrected chi connectivity index (χ3v) is 1.60. The molecule has 2 heteroatoms. The van der Waals surface area contributed by atoms with Gasteiger partial charge >= 0.3 is 0 Å². The maximum absolute atomic E-state index is 11.4. The first-order chi connectivity index (χ1) is 5.63. The molecule has 2 nitrogen and oxygen atoms in total. The summed E-state index contributed by atoms with van der Waals surface area (Å²) in [6.07, 6.45) is 0. The van der Waals surface area contributed by atoms with Crippen LogP contribution in [0, 0.1) is 10.8 Å². The van der Waals surface area contributed by atoms with Gasteiger partial charge in [0.1, 0.15) is 6.61 Å². The number of ketones is 1. The van der Waals surface area contributed by atoms with Crippen molar-refractivity contribution in [2.24, 2.45) is 10.8 Å². The summed E-state index contributed by atoms with van der Waals surface area (Å²) < 4.78 is 5.34. The Morgan fingerprint density at radius 2 is 1.50 bits per heavy atom. The van der Waals surface area contributed by atoms with E-state index < -0.39 is 0 Å². The largest absolute Gasteiger partial charge is 0.373 e. The topological polar surface area (TPSA) is 26.3 Å². The lowest BCUT2D eigenvalue weighted by molar-refractivity contribution is -0.131. The van der Waals surface area contributed by atoms with Gasteiger partial charge in [-0.3, -0.25) is 4.79 Å². The quantitative estimate of drug-likeness (QED) is 0.702. The molecule has 0 aromatic carbocycles. The summed E-state index contributed by atoms with van der Waals surface area (Å²) in [5, 5.41) is 0. The normalized spacial score (nSPS) is 12.1. The molecule has 0 aromatic heterocycles. The van der Waals surface area contributed by atoms with Crippen LogP contribution in [-0.2, 0) is 9.53 Å². The third kappa shape index (κ3) is 8.24. The van der Waals surface area contributed by atoms with Crippen LogP contribution in [0.4, 0.5) is 0 Å². The summed E-state index contributed by atoms with van der Waals surface area (Å²) in [5.74, 6) is 0.164. The predicted octanol–water partition coefficient (Wildman–Crippen LogP) is 3.30. The van der Waals surface area contributed by atoms with Gasteiger partial charge in [0.05, 0.1) is 6.61 Å².